The molecule has 0 aromatic rings. The lowest BCUT2D eigenvalue weighted by molar-refractivity contribution is -0.125. The molecule has 2 fully saturated rings. The number of hydrogen-bond donors (Lipinski definition) is 2. The van der Waals surface area contributed by atoms with E-state index in [1.807, 2.05) is 0 Å². The smallest absolute Gasteiger partial charge is 0.227 e. The lowest BCUT2D eigenvalue weighted by Crippen LogP contribution is -2.47. The predicted molar refractivity (Wildman–Crippen MR) is 65.6 cm³/mol. The quantitative estimate of drug-likeness (QED) is 0.700. The maximum Gasteiger partial charge on any atom is 0.227 e. The van der Waals surface area contributed by atoms with Gasteiger partial charge in [-0.25, -0.2) is 0 Å². The minimum atomic E-state index is -0.170. The molecule has 2 rings (SSSR count). The summed E-state index contributed by atoms with van der Waals surface area (Å²) < 4.78 is 5.21. The molecule has 0 spiro atoms. The van der Waals surface area contributed by atoms with Gasteiger partial charge < -0.3 is 20.7 Å². The first kappa shape index (κ1) is 12.8. The van der Waals surface area contributed by atoms with Gasteiger partial charge in [0, 0.05) is 18.6 Å². The molecule has 2 saturated heterocycles. The molecule has 2 heterocycles. The zero-order chi connectivity index (χ0) is 12.3. The summed E-state index contributed by atoms with van der Waals surface area (Å²) in [7, 11) is 0. The van der Waals surface area contributed by atoms with E-state index < -0.39 is 0 Å². The van der Waals surface area contributed by atoms with Crippen LogP contribution in [0.2, 0.25) is 0 Å². The second kappa shape index (κ2) is 5.80. The summed E-state index contributed by atoms with van der Waals surface area (Å²) in [6, 6.07) is 0.0439. The van der Waals surface area contributed by atoms with E-state index in [0.29, 0.717) is 13.2 Å². The average Bonchev–Trinajstić information content (AvgIpc) is 2.88. The Balaban J connectivity index is 1.73. The van der Waals surface area contributed by atoms with Crippen molar-refractivity contribution in [3.8, 4) is 0 Å². The van der Waals surface area contributed by atoms with Gasteiger partial charge in [0.2, 0.25) is 5.91 Å². The second-order valence-electron chi connectivity index (χ2n) is 5.23. The molecule has 2 aliphatic heterocycles. The molecule has 0 aliphatic carbocycles. The highest BCUT2D eigenvalue weighted by Gasteiger charge is 2.32. The minimum absolute atomic E-state index is 0.0432. The summed E-state index contributed by atoms with van der Waals surface area (Å²) in [5.41, 5.74) is 5.82. The van der Waals surface area contributed by atoms with Crippen molar-refractivity contribution in [2.45, 2.75) is 31.8 Å². The first-order valence-electron chi connectivity index (χ1n) is 6.53. The molecule has 3 unspecified atom stereocenters. The highest BCUT2D eigenvalue weighted by Crippen LogP contribution is 2.12. The van der Waals surface area contributed by atoms with Crippen molar-refractivity contribution in [3.05, 3.63) is 0 Å². The third-order valence-corrected chi connectivity index (χ3v) is 3.58. The number of carbonyl (C=O) groups excluding carboxylic acids is 1. The monoisotopic (exact) mass is 241 g/mol. The van der Waals surface area contributed by atoms with Crippen LogP contribution in [0.1, 0.15) is 19.8 Å². The number of nitrogens with one attached hydrogen (secondary N) is 1. The molecular weight excluding hydrogens is 218 g/mol. The van der Waals surface area contributed by atoms with Gasteiger partial charge in [0.1, 0.15) is 0 Å². The van der Waals surface area contributed by atoms with E-state index in [-0.39, 0.29) is 23.9 Å². The Morgan fingerprint density at radius 2 is 2.18 bits per heavy atom. The van der Waals surface area contributed by atoms with Crippen molar-refractivity contribution < 1.29 is 9.53 Å². The number of hydrogen-bond acceptors (Lipinski definition) is 4. The Hall–Kier alpha value is -0.650. The molecule has 5 nitrogen and oxygen atoms in total. The van der Waals surface area contributed by atoms with E-state index in [1.54, 1.807) is 0 Å². The van der Waals surface area contributed by atoms with Crippen LogP contribution in [0.4, 0.5) is 0 Å². The summed E-state index contributed by atoms with van der Waals surface area (Å²) in [6.45, 7) is 6.27. The summed E-state index contributed by atoms with van der Waals surface area (Å²) in [6.07, 6.45) is 2.56. The van der Waals surface area contributed by atoms with Crippen LogP contribution in [0.3, 0.4) is 0 Å². The maximum atomic E-state index is 12.0. The van der Waals surface area contributed by atoms with Crippen molar-refractivity contribution in [2.75, 3.05) is 32.8 Å². The lowest BCUT2D eigenvalue weighted by Gasteiger charge is -2.23. The van der Waals surface area contributed by atoms with Gasteiger partial charge in [-0.2, -0.15) is 0 Å². The molecule has 3 N–H and O–H groups in total. The molecule has 1 amide bonds. The van der Waals surface area contributed by atoms with Crippen molar-refractivity contribution in [1.29, 1.82) is 0 Å². The third kappa shape index (κ3) is 3.40. The molecular formula is C12H23N3O2. The van der Waals surface area contributed by atoms with Crippen LogP contribution in [-0.2, 0) is 9.53 Å². The second-order valence-corrected chi connectivity index (χ2v) is 5.23. The van der Waals surface area contributed by atoms with E-state index in [0.717, 1.165) is 19.6 Å². The predicted octanol–water partition coefficient (Wildman–Crippen LogP) is -0.439. The first-order valence-corrected chi connectivity index (χ1v) is 6.53. The van der Waals surface area contributed by atoms with Gasteiger partial charge in [0.25, 0.3) is 0 Å². The first-order chi connectivity index (χ1) is 8.16. The Bertz CT molecular complexity index is 266. The Morgan fingerprint density at radius 1 is 1.47 bits per heavy atom. The van der Waals surface area contributed by atoms with Gasteiger partial charge in [0.15, 0.2) is 0 Å². The van der Waals surface area contributed by atoms with Crippen LogP contribution in [0, 0.1) is 5.92 Å². The number of rotatable bonds is 4. The molecule has 0 saturated carbocycles. The van der Waals surface area contributed by atoms with E-state index in [9.17, 15) is 4.79 Å². The molecule has 0 aromatic heterocycles. The van der Waals surface area contributed by atoms with Gasteiger partial charge in [-0.3, -0.25) is 4.79 Å². The fourth-order valence-corrected chi connectivity index (χ4v) is 2.59. The van der Waals surface area contributed by atoms with Crippen molar-refractivity contribution in [3.63, 3.8) is 0 Å². The Kier molecular flexibility index (Phi) is 4.36. The van der Waals surface area contributed by atoms with Crippen molar-refractivity contribution in [1.82, 2.24) is 10.2 Å². The topological polar surface area (TPSA) is 67.6 Å². The van der Waals surface area contributed by atoms with Crippen molar-refractivity contribution >= 4 is 5.91 Å². The zero-order valence-electron chi connectivity index (χ0n) is 10.5. The normalized spacial score (nSPS) is 31.6. The number of likely N-dealkylation sites (tertiary alicyclic amines) is 1. The van der Waals surface area contributed by atoms with Gasteiger partial charge in [0.05, 0.1) is 19.1 Å². The van der Waals surface area contributed by atoms with E-state index in [4.69, 9.17) is 10.5 Å². The molecule has 0 aromatic carbocycles. The summed E-state index contributed by atoms with van der Waals surface area (Å²) in [4.78, 5) is 14.3. The number of nitrogens with zero attached hydrogens (tertiary/aromatic N) is 1. The number of nitrogens with two attached hydrogens (primary N) is 1. The summed E-state index contributed by atoms with van der Waals surface area (Å²) in [5.74, 6) is -0.127. The van der Waals surface area contributed by atoms with Crippen LogP contribution in [-0.4, -0.2) is 55.7 Å². The highest BCUT2D eigenvalue weighted by molar-refractivity contribution is 5.80. The largest absolute Gasteiger partial charge is 0.379 e. The summed E-state index contributed by atoms with van der Waals surface area (Å²) >= 11 is 0. The molecule has 0 bridgehead atoms. The fourth-order valence-electron chi connectivity index (χ4n) is 2.59. The van der Waals surface area contributed by atoms with E-state index in [2.05, 4.69) is 17.1 Å². The third-order valence-electron chi connectivity index (χ3n) is 3.58. The Morgan fingerprint density at radius 3 is 2.76 bits per heavy atom. The zero-order valence-corrected chi connectivity index (χ0v) is 10.5. The molecule has 2 aliphatic rings. The van der Waals surface area contributed by atoms with Crippen LogP contribution in [0.5, 0.6) is 0 Å². The molecule has 98 valence electrons. The maximum absolute atomic E-state index is 12.0. The fraction of sp³-hybridized carbons (Fsp3) is 0.917. The van der Waals surface area contributed by atoms with E-state index >= 15 is 0 Å². The Labute approximate surface area is 103 Å². The van der Waals surface area contributed by atoms with Crippen LogP contribution in [0.15, 0.2) is 0 Å². The van der Waals surface area contributed by atoms with Crippen LogP contribution in [0.25, 0.3) is 0 Å². The molecule has 3 atom stereocenters. The number of carbonyl (C=O) groups is 1. The van der Waals surface area contributed by atoms with Crippen molar-refractivity contribution in [2.24, 2.45) is 11.7 Å². The molecule has 0 radical (unpaired) electrons. The average molecular weight is 241 g/mol. The summed E-state index contributed by atoms with van der Waals surface area (Å²) in [5, 5.41) is 3.04. The highest BCUT2D eigenvalue weighted by atomic mass is 16.5. The standard InChI is InChI=1S/C12H23N3O2/c1-9(6-15-4-2-3-5-15)14-12(16)10-7-17-8-11(10)13/h9-11H,2-8,13H2,1H3,(H,14,16). The van der Waals surface area contributed by atoms with Crippen LogP contribution < -0.4 is 11.1 Å². The number of amides is 1. The molecule has 17 heavy (non-hydrogen) atoms. The van der Waals surface area contributed by atoms with Crippen LogP contribution >= 0.6 is 0 Å². The number of ether oxygens (including phenoxy) is 1. The SMILES string of the molecule is CC(CN1CCCC1)NC(=O)C1COCC1N. The molecule has 5 heteroatoms. The van der Waals surface area contributed by atoms with Gasteiger partial charge >= 0.3 is 0 Å². The lowest BCUT2D eigenvalue weighted by atomic mass is 10.0. The van der Waals surface area contributed by atoms with Gasteiger partial charge in [-0.15, -0.1) is 0 Å². The van der Waals surface area contributed by atoms with E-state index in [1.165, 1.54) is 12.8 Å². The minimum Gasteiger partial charge on any atom is -0.379 e. The van der Waals surface area contributed by atoms with Gasteiger partial charge in [-0.1, -0.05) is 0 Å². The van der Waals surface area contributed by atoms with Gasteiger partial charge in [-0.05, 0) is 32.9 Å².